The summed E-state index contributed by atoms with van der Waals surface area (Å²) in [4.78, 5) is 17.0. The number of aliphatic hydroxyl groups excluding tert-OH is 1. The number of rotatable bonds is 5. The van der Waals surface area contributed by atoms with E-state index >= 15 is 0 Å². The smallest absolute Gasteiger partial charge is 0.178 e. The van der Waals surface area contributed by atoms with Crippen molar-refractivity contribution in [2.45, 2.75) is 0 Å². The molecular weight excluding hydrogens is 216 g/mol. The third kappa shape index (κ3) is 2.54. The van der Waals surface area contributed by atoms with Crippen molar-refractivity contribution < 1.29 is 9.90 Å². The van der Waals surface area contributed by atoms with Crippen LogP contribution in [0, 0.1) is 0 Å². The Morgan fingerprint density at radius 2 is 2.18 bits per heavy atom. The third-order valence-electron chi connectivity index (χ3n) is 2.78. The summed E-state index contributed by atoms with van der Waals surface area (Å²) in [5, 5.41) is 9.75. The molecule has 2 aromatic rings. The van der Waals surface area contributed by atoms with E-state index in [1.807, 2.05) is 36.2 Å². The Balaban J connectivity index is 2.19. The van der Waals surface area contributed by atoms with E-state index < -0.39 is 0 Å². The fraction of sp³-hybridized carbons (Fsp3) is 0.308. The minimum Gasteiger partial charge on any atom is -0.395 e. The highest BCUT2D eigenvalue weighted by molar-refractivity contribution is 6.08. The molecular formula is C13H16N2O2. The summed E-state index contributed by atoms with van der Waals surface area (Å²) in [7, 11) is 1.82. The van der Waals surface area contributed by atoms with Crippen LogP contribution in [0.2, 0.25) is 0 Å². The van der Waals surface area contributed by atoms with Crippen LogP contribution in [-0.4, -0.2) is 47.5 Å². The maximum atomic E-state index is 12.1. The zero-order valence-electron chi connectivity index (χ0n) is 9.81. The maximum absolute atomic E-state index is 12.1. The van der Waals surface area contributed by atoms with Crippen LogP contribution in [0.5, 0.6) is 0 Å². The second-order valence-corrected chi connectivity index (χ2v) is 4.13. The number of aliphatic hydroxyl groups is 1. The summed E-state index contributed by atoms with van der Waals surface area (Å²) in [5.41, 5.74) is 1.69. The molecule has 90 valence electrons. The highest BCUT2D eigenvalue weighted by Crippen LogP contribution is 2.18. The number of aromatic amines is 1. The molecule has 0 saturated carbocycles. The molecule has 0 atom stereocenters. The first kappa shape index (κ1) is 11.8. The van der Waals surface area contributed by atoms with Crippen LogP contribution in [0.25, 0.3) is 10.9 Å². The Labute approximate surface area is 99.9 Å². The average Bonchev–Trinajstić information content (AvgIpc) is 2.72. The van der Waals surface area contributed by atoms with Gasteiger partial charge in [-0.1, -0.05) is 18.2 Å². The van der Waals surface area contributed by atoms with Crippen LogP contribution in [0.15, 0.2) is 30.5 Å². The molecule has 0 amide bonds. The number of para-hydroxylation sites is 1. The fourth-order valence-corrected chi connectivity index (χ4v) is 1.88. The normalized spacial score (nSPS) is 11.2. The molecule has 0 aliphatic rings. The SMILES string of the molecule is CN(CCO)CC(=O)c1c[nH]c2ccccc12. The molecule has 0 fully saturated rings. The van der Waals surface area contributed by atoms with Crippen molar-refractivity contribution in [2.24, 2.45) is 0 Å². The highest BCUT2D eigenvalue weighted by atomic mass is 16.3. The van der Waals surface area contributed by atoms with E-state index in [4.69, 9.17) is 5.11 Å². The first-order valence-corrected chi connectivity index (χ1v) is 5.61. The molecule has 0 aliphatic heterocycles. The van der Waals surface area contributed by atoms with Gasteiger partial charge < -0.3 is 10.1 Å². The molecule has 1 heterocycles. The molecule has 0 radical (unpaired) electrons. The molecule has 1 aromatic heterocycles. The number of benzene rings is 1. The average molecular weight is 232 g/mol. The maximum Gasteiger partial charge on any atom is 0.178 e. The number of carbonyl (C=O) groups excluding carboxylic acids is 1. The molecule has 1 aromatic carbocycles. The molecule has 2 N–H and O–H groups in total. The molecule has 17 heavy (non-hydrogen) atoms. The lowest BCUT2D eigenvalue weighted by atomic mass is 10.1. The summed E-state index contributed by atoms with van der Waals surface area (Å²) in [6.07, 6.45) is 1.75. The third-order valence-corrected chi connectivity index (χ3v) is 2.78. The Bertz CT molecular complexity index is 519. The Morgan fingerprint density at radius 1 is 1.41 bits per heavy atom. The van der Waals surface area contributed by atoms with E-state index in [0.717, 1.165) is 10.9 Å². The zero-order chi connectivity index (χ0) is 12.3. The second kappa shape index (κ2) is 5.12. The van der Waals surface area contributed by atoms with Crippen molar-refractivity contribution >= 4 is 16.7 Å². The Hall–Kier alpha value is -1.65. The topological polar surface area (TPSA) is 56.3 Å². The van der Waals surface area contributed by atoms with Gasteiger partial charge in [0, 0.05) is 29.2 Å². The monoisotopic (exact) mass is 232 g/mol. The van der Waals surface area contributed by atoms with Gasteiger partial charge in [-0.2, -0.15) is 0 Å². The number of nitrogens with one attached hydrogen (secondary N) is 1. The lowest BCUT2D eigenvalue weighted by Gasteiger charge is -2.13. The summed E-state index contributed by atoms with van der Waals surface area (Å²) < 4.78 is 0. The van der Waals surface area contributed by atoms with Crippen molar-refractivity contribution in [1.29, 1.82) is 0 Å². The lowest BCUT2D eigenvalue weighted by Crippen LogP contribution is -2.28. The number of hydrogen-bond donors (Lipinski definition) is 2. The van der Waals surface area contributed by atoms with Crippen LogP contribution in [0.3, 0.4) is 0 Å². The van der Waals surface area contributed by atoms with Crippen LogP contribution in [0.1, 0.15) is 10.4 Å². The zero-order valence-corrected chi connectivity index (χ0v) is 9.81. The number of aromatic nitrogens is 1. The van der Waals surface area contributed by atoms with Crippen LogP contribution in [0.4, 0.5) is 0 Å². The van der Waals surface area contributed by atoms with Gasteiger partial charge in [-0.25, -0.2) is 0 Å². The summed E-state index contributed by atoms with van der Waals surface area (Å²) in [5.74, 6) is 0.0680. The van der Waals surface area contributed by atoms with E-state index in [2.05, 4.69) is 4.98 Å². The predicted octanol–water partition coefficient (Wildman–Crippen LogP) is 1.27. The van der Waals surface area contributed by atoms with Crippen LogP contribution in [-0.2, 0) is 0 Å². The number of nitrogens with zero attached hydrogens (tertiary/aromatic N) is 1. The van der Waals surface area contributed by atoms with Gasteiger partial charge in [0.05, 0.1) is 13.2 Å². The van der Waals surface area contributed by atoms with E-state index in [-0.39, 0.29) is 12.4 Å². The van der Waals surface area contributed by atoms with Gasteiger partial charge in [0.15, 0.2) is 5.78 Å². The lowest BCUT2D eigenvalue weighted by molar-refractivity contribution is 0.0937. The summed E-state index contributed by atoms with van der Waals surface area (Å²) in [6.45, 7) is 0.897. The van der Waals surface area contributed by atoms with Crippen molar-refractivity contribution in [3.8, 4) is 0 Å². The summed E-state index contributed by atoms with van der Waals surface area (Å²) in [6, 6.07) is 7.74. The van der Waals surface area contributed by atoms with E-state index in [1.54, 1.807) is 6.20 Å². The highest BCUT2D eigenvalue weighted by Gasteiger charge is 2.13. The minimum absolute atomic E-state index is 0.0671. The van der Waals surface area contributed by atoms with E-state index in [0.29, 0.717) is 18.7 Å². The fourth-order valence-electron chi connectivity index (χ4n) is 1.88. The molecule has 0 aliphatic carbocycles. The van der Waals surface area contributed by atoms with Gasteiger partial charge in [0.25, 0.3) is 0 Å². The van der Waals surface area contributed by atoms with Gasteiger partial charge >= 0.3 is 0 Å². The van der Waals surface area contributed by atoms with Gasteiger partial charge in [-0.3, -0.25) is 9.69 Å². The first-order valence-electron chi connectivity index (χ1n) is 5.61. The minimum atomic E-state index is 0.0671. The number of H-pyrrole nitrogens is 1. The molecule has 0 spiro atoms. The molecule has 0 saturated heterocycles. The molecule has 0 bridgehead atoms. The van der Waals surface area contributed by atoms with E-state index in [1.165, 1.54) is 0 Å². The van der Waals surface area contributed by atoms with Crippen LogP contribution < -0.4 is 0 Å². The Morgan fingerprint density at radius 3 is 2.94 bits per heavy atom. The Kier molecular flexibility index (Phi) is 3.56. The van der Waals surface area contributed by atoms with E-state index in [9.17, 15) is 4.79 Å². The standard InChI is InChI=1S/C13H16N2O2/c1-15(6-7-16)9-13(17)11-8-14-12-5-3-2-4-10(11)12/h2-5,8,14,16H,6-7,9H2,1H3. The summed E-state index contributed by atoms with van der Waals surface area (Å²) >= 11 is 0. The number of likely N-dealkylation sites (N-methyl/N-ethyl adjacent to an activating group) is 1. The van der Waals surface area contributed by atoms with Gasteiger partial charge in [0.2, 0.25) is 0 Å². The quantitative estimate of drug-likeness (QED) is 0.763. The van der Waals surface area contributed by atoms with Gasteiger partial charge in [0.1, 0.15) is 0 Å². The number of Topliss-reactive ketones (excluding diaryl/α,β-unsaturated/α-hetero) is 1. The number of carbonyl (C=O) groups is 1. The second-order valence-electron chi connectivity index (χ2n) is 4.13. The number of hydrogen-bond acceptors (Lipinski definition) is 3. The number of fused-ring (bicyclic) bond motifs is 1. The predicted molar refractivity (Wildman–Crippen MR) is 67.2 cm³/mol. The van der Waals surface area contributed by atoms with Gasteiger partial charge in [-0.05, 0) is 13.1 Å². The molecule has 4 heteroatoms. The van der Waals surface area contributed by atoms with Crippen molar-refractivity contribution in [1.82, 2.24) is 9.88 Å². The molecule has 4 nitrogen and oxygen atoms in total. The first-order chi connectivity index (χ1) is 8.22. The largest absolute Gasteiger partial charge is 0.395 e. The van der Waals surface area contributed by atoms with Crippen molar-refractivity contribution in [2.75, 3.05) is 26.7 Å². The van der Waals surface area contributed by atoms with Gasteiger partial charge in [-0.15, -0.1) is 0 Å². The van der Waals surface area contributed by atoms with Crippen molar-refractivity contribution in [3.05, 3.63) is 36.0 Å². The molecule has 2 rings (SSSR count). The molecule has 0 unspecified atom stereocenters. The number of ketones is 1. The van der Waals surface area contributed by atoms with Crippen molar-refractivity contribution in [3.63, 3.8) is 0 Å². The van der Waals surface area contributed by atoms with Crippen LogP contribution >= 0.6 is 0 Å².